The van der Waals surface area contributed by atoms with Gasteiger partial charge in [0.25, 0.3) is 0 Å². The molecule has 1 aliphatic rings. The zero-order valence-electron chi connectivity index (χ0n) is 15.7. The van der Waals surface area contributed by atoms with Crippen LogP contribution in [0.1, 0.15) is 11.1 Å². The van der Waals surface area contributed by atoms with E-state index in [0.717, 1.165) is 31.8 Å². The molecule has 0 saturated carbocycles. The second-order valence-electron chi connectivity index (χ2n) is 6.64. The van der Waals surface area contributed by atoms with E-state index in [1.165, 1.54) is 11.6 Å². The van der Waals surface area contributed by atoms with Crippen LogP contribution in [-0.2, 0) is 13.0 Å². The molecule has 27 heavy (non-hydrogen) atoms. The number of hydrogen-bond acceptors (Lipinski definition) is 3. The Bertz CT molecular complexity index is 761. The predicted molar refractivity (Wildman–Crippen MR) is 103 cm³/mol. The summed E-state index contributed by atoms with van der Waals surface area (Å²) in [6, 6.07) is 14.4. The minimum atomic E-state index is -0.293. The second kappa shape index (κ2) is 9.37. The summed E-state index contributed by atoms with van der Waals surface area (Å²) in [5, 5.41) is 2.81. The van der Waals surface area contributed by atoms with Crippen LogP contribution in [-0.4, -0.2) is 55.7 Å². The number of amides is 2. The molecule has 2 aromatic rings. The molecule has 6 heteroatoms. The fourth-order valence-corrected chi connectivity index (χ4v) is 3.29. The number of para-hydroxylation sites is 1. The molecule has 144 valence electrons. The molecule has 1 N–H and O–H groups in total. The monoisotopic (exact) mass is 371 g/mol. The molecule has 0 radical (unpaired) electrons. The van der Waals surface area contributed by atoms with Crippen LogP contribution >= 0.6 is 0 Å². The number of nitrogens with one attached hydrogen (secondary N) is 1. The number of nitrogens with zero attached hydrogens (tertiary/aromatic N) is 2. The van der Waals surface area contributed by atoms with Gasteiger partial charge in [-0.1, -0.05) is 36.4 Å². The molecule has 0 aliphatic carbocycles. The minimum absolute atomic E-state index is 0.136. The second-order valence-corrected chi connectivity index (χ2v) is 6.64. The maximum Gasteiger partial charge on any atom is 0.317 e. The molecule has 2 aromatic carbocycles. The van der Waals surface area contributed by atoms with Crippen LogP contribution in [0.3, 0.4) is 0 Å². The van der Waals surface area contributed by atoms with E-state index in [4.69, 9.17) is 4.74 Å². The molecular weight excluding hydrogens is 345 g/mol. The molecule has 0 spiro atoms. The Kier molecular flexibility index (Phi) is 6.65. The van der Waals surface area contributed by atoms with Crippen LogP contribution in [0.25, 0.3) is 0 Å². The molecule has 0 bridgehead atoms. The molecule has 0 atom stereocenters. The van der Waals surface area contributed by atoms with Crippen LogP contribution in [0.5, 0.6) is 5.75 Å². The molecule has 1 saturated heterocycles. The van der Waals surface area contributed by atoms with Gasteiger partial charge in [0.2, 0.25) is 0 Å². The Morgan fingerprint density at radius 1 is 1.04 bits per heavy atom. The molecular formula is C21H26FN3O2. The summed E-state index contributed by atoms with van der Waals surface area (Å²) >= 11 is 0. The number of halogens is 1. The number of methoxy groups -OCH3 is 1. The maximum absolute atomic E-state index is 13.6. The first-order valence-electron chi connectivity index (χ1n) is 9.28. The van der Waals surface area contributed by atoms with Gasteiger partial charge >= 0.3 is 6.03 Å². The predicted octanol–water partition coefficient (Wildman–Crippen LogP) is 2.90. The van der Waals surface area contributed by atoms with Gasteiger partial charge in [-0.05, 0) is 24.1 Å². The van der Waals surface area contributed by atoms with Gasteiger partial charge in [0, 0.05) is 44.8 Å². The van der Waals surface area contributed by atoms with Crippen molar-refractivity contribution in [1.29, 1.82) is 0 Å². The summed E-state index contributed by atoms with van der Waals surface area (Å²) in [4.78, 5) is 16.5. The third-order valence-electron chi connectivity index (χ3n) is 4.94. The Morgan fingerprint density at radius 2 is 1.70 bits per heavy atom. The summed E-state index contributed by atoms with van der Waals surface area (Å²) in [6.07, 6.45) is 0.920. The fraction of sp³-hybridized carbons (Fsp3) is 0.381. The van der Waals surface area contributed by atoms with Gasteiger partial charge in [-0.3, -0.25) is 4.90 Å². The number of urea groups is 1. The average Bonchev–Trinajstić information content (AvgIpc) is 2.72. The smallest absolute Gasteiger partial charge is 0.317 e. The van der Waals surface area contributed by atoms with Crippen LogP contribution in [0.15, 0.2) is 48.5 Å². The molecule has 3 rings (SSSR count). The van der Waals surface area contributed by atoms with Crippen molar-refractivity contribution in [2.45, 2.75) is 13.0 Å². The third-order valence-corrected chi connectivity index (χ3v) is 4.94. The fourth-order valence-electron chi connectivity index (χ4n) is 3.29. The number of hydrogen-bond donors (Lipinski definition) is 1. The highest BCUT2D eigenvalue weighted by molar-refractivity contribution is 5.74. The Morgan fingerprint density at radius 3 is 2.41 bits per heavy atom. The lowest BCUT2D eigenvalue weighted by atomic mass is 10.1. The average molecular weight is 371 g/mol. The molecule has 5 nitrogen and oxygen atoms in total. The van der Waals surface area contributed by atoms with Gasteiger partial charge in [0.15, 0.2) is 0 Å². The zero-order chi connectivity index (χ0) is 19.1. The van der Waals surface area contributed by atoms with Gasteiger partial charge in [0.1, 0.15) is 11.6 Å². The van der Waals surface area contributed by atoms with Gasteiger partial charge in [0.05, 0.1) is 7.11 Å². The maximum atomic E-state index is 13.6. The van der Waals surface area contributed by atoms with Crippen LogP contribution in [0, 0.1) is 5.82 Å². The van der Waals surface area contributed by atoms with Crippen molar-refractivity contribution in [1.82, 2.24) is 15.1 Å². The van der Waals surface area contributed by atoms with E-state index < -0.39 is 0 Å². The van der Waals surface area contributed by atoms with Crippen molar-refractivity contribution in [3.63, 3.8) is 0 Å². The Balaban J connectivity index is 1.42. The van der Waals surface area contributed by atoms with E-state index in [1.54, 1.807) is 30.2 Å². The summed E-state index contributed by atoms with van der Waals surface area (Å²) < 4.78 is 19.0. The molecule has 1 heterocycles. The van der Waals surface area contributed by atoms with Crippen molar-refractivity contribution in [3.05, 3.63) is 65.5 Å². The van der Waals surface area contributed by atoms with Gasteiger partial charge in [-0.2, -0.15) is 0 Å². The highest BCUT2D eigenvalue weighted by atomic mass is 19.1. The molecule has 2 amide bonds. The highest BCUT2D eigenvalue weighted by Gasteiger charge is 2.21. The van der Waals surface area contributed by atoms with Crippen molar-refractivity contribution in [3.8, 4) is 5.75 Å². The first-order valence-corrected chi connectivity index (χ1v) is 9.28. The Labute approximate surface area is 159 Å². The zero-order valence-corrected chi connectivity index (χ0v) is 15.7. The van der Waals surface area contributed by atoms with E-state index in [2.05, 4.69) is 16.3 Å². The first-order chi connectivity index (χ1) is 13.2. The van der Waals surface area contributed by atoms with Crippen LogP contribution in [0.4, 0.5) is 9.18 Å². The first kappa shape index (κ1) is 19.2. The van der Waals surface area contributed by atoms with E-state index in [-0.39, 0.29) is 18.4 Å². The van der Waals surface area contributed by atoms with Gasteiger partial charge < -0.3 is 15.0 Å². The molecule has 1 fully saturated rings. The SMILES string of the molecule is COc1ccccc1CCN1CCN(C(=O)NCc2ccccc2F)CC1. The number of ether oxygens (including phenoxy) is 1. The quantitative estimate of drug-likeness (QED) is 0.849. The number of piperazine rings is 1. The van der Waals surface area contributed by atoms with Gasteiger partial charge in [-0.15, -0.1) is 0 Å². The number of benzene rings is 2. The highest BCUT2D eigenvalue weighted by Crippen LogP contribution is 2.18. The summed E-state index contributed by atoms with van der Waals surface area (Å²) in [6.45, 7) is 4.17. The lowest BCUT2D eigenvalue weighted by Gasteiger charge is -2.34. The summed E-state index contributed by atoms with van der Waals surface area (Å²) in [5.74, 6) is 0.627. The number of carbonyl (C=O) groups excluding carboxylic acids is 1. The van der Waals surface area contributed by atoms with Gasteiger partial charge in [-0.25, -0.2) is 9.18 Å². The van der Waals surface area contributed by atoms with Crippen LogP contribution < -0.4 is 10.1 Å². The van der Waals surface area contributed by atoms with Crippen molar-refractivity contribution in [2.75, 3.05) is 39.8 Å². The standard InChI is InChI=1S/C21H26FN3O2/c1-27-20-9-5-3-6-17(20)10-11-24-12-14-25(15-13-24)21(26)23-16-18-7-2-4-8-19(18)22/h2-9H,10-16H2,1H3,(H,23,26). The largest absolute Gasteiger partial charge is 0.496 e. The molecule has 0 aromatic heterocycles. The van der Waals surface area contributed by atoms with E-state index in [0.29, 0.717) is 18.7 Å². The lowest BCUT2D eigenvalue weighted by Crippen LogP contribution is -2.51. The minimum Gasteiger partial charge on any atom is -0.496 e. The third kappa shape index (κ3) is 5.20. The topological polar surface area (TPSA) is 44.8 Å². The molecule has 1 aliphatic heterocycles. The van der Waals surface area contributed by atoms with Crippen molar-refractivity contribution < 1.29 is 13.9 Å². The summed E-state index contributed by atoms with van der Waals surface area (Å²) in [7, 11) is 1.69. The summed E-state index contributed by atoms with van der Waals surface area (Å²) in [5.41, 5.74) is 1.70. The van der Waals surface area contributed by atoms with E-state index >= 15 is 0 Å². The Hall–Kier alpha value is -2.60. The van der Waals surface area contributed by atoms with Crippen molar-refractivity contribution >= 4 is 6.03 Å². The van der Waals surface area contributed by atoms with E-state index in [1.807, 2.05) is 18.2 Å². The van der Waals surface area contributed by atoms with E-state index in [9.17, 15) is 9.18 Å². The normalized spacial score (nSPS) is 14.8. The van der Waals surface area contributed by atoms with Crippen LogP contribution in [0.2, 0.25) is 0 Å². The molecule has 0 unspecified atom stereocenters. The lowest BCUT2D eigenvalue weighted by molar-refractivity contribution is 0.139. The van der Waals surface area contributed by atoms with Crippen molar-refractivity contribution in [2.24, 2.45) is 0 Å². The number of rotatable bonds is 6. The number of carbonyl (C=O) groups is 1.